The first kappa shape index (κ1) is 15.3. The summed E-state index contributed by atoms with van der Waals surface area (Å²) in [5.41, 5.74) is 0.143. The molecule has 2 rings (SSSR count). The highest BCUT2D eigenvalue weighted by Gasteiger charge is 2.29. The lowest BCUT2D eigenvalue weighted by Crippen LogP contribution is -2.47. The third kappa shape index (κ3) is 3.93. The van der Waals surface area contributed by atoms with E-state index in [1.807, 2.05) is 0 Å². The molecule has 0 aliphatic carbocycles. The average Bonchev–Trinajstić information content (AvgIpc) is 2.50. The Balaban J connectivity index is 2.04. The second kappa shape index (κ2) is 7.06. The number of carbonyl (C=O) groups excluding carboxylic acids is 2. The molecule has 0 radical (unpaired) electrons. The van der Waals surface area contributed by atoms with Gasteiger partial charge < -0.3 is 15.0 Å². The fraction of sp³-hybridized carbons (Fsp3) is 0.467. The number of carbonyl (C=O) groups is 2. The standard InChI is InChI=1S/C15H19FN2O3/c1-21-14(19)10-11-6-4-5-9-18(11)15(20)17-13-8-3-2-7-12(13)16/h2-3,7-8,11H,4-6,9-10H2,1H3,(H,17,20). The number of methoxy groups -OCH3 is 1. The molecule has 0 aromatic heterocycles. The zero-order chi connectivity index (χ0) is 15.2. The van der Waals surface area contributed by atoms with Crippen molar-refractivity contribution in [3.05, 3.63) is 30.1 Å². The van der Waals surface area contributed by atoms with Gasteiger partial charge in [0.15, 0.2) is 0 Å². The summed E-state index contributed by atoms with van der Waals surface area (Å²) in [6.45, 7) is 0.557. The number of hydrogen-bond donors (Lipinski definition) is 1. The van der Waals surface area contributed by atoms with E-state index in [-0.39, 0.29) is 30.2 Å². The number of rotatable bonds is 3. The maximum Gasteiger partial charge on any atom is 0.322 e. The molecule has 1 saturated heterocycles. The van der Waals surface area contributed by atoms with E-state index in [0.717, 1.165) is 19.3 Å². The van der Waals surface area contributed by atoms with Crippen LogP contribution in [0.25, 0.3) is 0 Å². The van der Waals surface area contributed by atoms with E-state index in [0.29, 0.717) is 6.54 Å². The van der Waals surface area contributed by atoms with Crippen molar-refractivity contribution < 1.29 is 18.7 Å². The SMILES string of the molecule is COC(=O)CC1CCCCN1C(=O)Nc1ccccc1F. The molecule has 1 fully saturated rings. The lowest BCUT2D eigenvalue weighted by atomic mass is 10.00. The molecule has 114 valence electrons. The summed E-state index contributed by atoms with van der Waals surface area (Å²) in [6.07, 6.45) is 2.76. The first-order valence-corrected chi connectivity index (χ1v) is 7.01. The lowest BCUT2D eigenvalue weighted by Gasteiger charge is -2.35. The number of nitrogens with one attached hydrogen (secondary N) is 1. The van der Waals surface area contributed by atoms with Crippen LogP contribution in [0.4, 0.5) is 14.9 Å². The fourth-order valence-electron chi connectivity index (χ4n) is 2.51. The summed E-state index contributed by atoms with van der Waals surface area (Å²) < 4.78 is 18.2. The predicted octanol–water partition coefficient (Wildman–Crippen LogP) is 2.78. The normalized spacial score (nSPS) is 18.2. The number of hydrogen-bond acceptors (Lipinski definition) is 3. The largest absolute Gasteiger partial charge is 0.469 e. The van der Waals surface area contributed by atoms with Gasteiger partial charge in [-0.2, -0.15) is 0 Å². The third-order valence-electron chi connectivity index (χ3n) is 3.63. The highest BCUT2D eigenvalue weighted by Crippen LogP contribution is 2.22. The van der Waals surface area contributed by atoms with E-state index >= 15 is 0 Å². The van der Waals surface area contributed by atoms with E-state index in [9.17, 15) is 14.0 Å². The molecule has 5 nitrogen and oxygen atoms in total. The molecule has 0 spiro atoms. The summed E-state index contributed by atoms with van der Waals surface area (Å²) in [5.74, 6) is -0.821. The molecular weight excluding hydrogens is 275 g/mol. The number of amides is 2. The third-order valence-corrected chi connectivity index (χ3v) is 3.63. The molecule has 1 unspecified atom stereocenters. The average molecular weight is 294 g/mol. The first-order valence-electron chi connectivity index (χ1n) is 7.01. The predicted molar refractivity (Wildman–Crippen MR) is 76.4 cm³/mol. The van der Waals surface area contributed by atoms with E-state index in [1.54, 1.807) is 17.0 Å². The number of para-hydroxylation sites is 1. The van der Waals surface area contributed by atoms with Gasteiger partial charge in [0.25, 0.3) is 0 Å². The van der Waals surface area contributed by atoms with Crippen molar-refractivity contribution in [1.29, 1.82) is 0 Å². The van der Waals surface area contributed by atoms with Crippen LogP contribution in [0, 0.1) is 5.82 Å². The van der Waals surface area contributed by atoms with E-state index < -0.39 is 5.82 Å². The number of ether oxygens (including phenoxy) is 1. The van der Waals surface area contributed by atoms with Gasteiger partial charge in [0, 0.05) is 12.6 Å². The van der Waals surface area contributed by atoms with Gasteiger partial charge in [-0.05, 0) is 31.4 Å². The van der Waals surface area contributed by atoms with Crippen LogP contribution in [-0.2, 0) is 9.53 Å². The minimum absolute atomic E-state index is 0.143. The smallest absolute Gasteiger partial charge is 0.322 e. The summed E-state index contributed by atoms with van der Waals surface area (Å²) in [4.78, 5) is 25.3. The molecule has 1 aliphatic heterocycles. The highest BCUT2D eigenvalue weighted by atomic mass is 19.1. The Morgan fingerprint density at radius 1 is 1.38 bits per heavy atom. The Morgan fingerprint density at radius 2 is 2.14 bits per heavy atom. The number of urea groups is 1. The minimum atomic E-state index is -0.479. The zero-order valence-electron chi connectivity index (χ0n) is 12.0. The van der Waals surface area contributed by atoms with E-state index in [1.165, 1.54) is 19.2 Å². The molecular formula is C15H19FN2O3. The van der Waals surface area contributed by atoms with Crippen LogP contribution >= 0.6 is 0 Å². The second-order valence-corrected chi connectivity index (χ2v) is 5.03. The van der Waals surface area contributed by atoms with Crippen molar-refractivity contribution in [2.45, 2.75) is 31.7 Å². The second-order valence-electron chi connectivity index (χ2n) is 5.03. The molecule has 1 heterocycles. The fourth-order valence-corrected chi connectivity index (χ4v) is 2.51. The van der Waals surface area contributed by atoms with Crippen LogP contribution in [0.15, 0.2) is 24.3 Å². The number of piperidine rings is 1. The Morgan fingerprint density at radius 3 is 2.86 bits per heavy atom. The number of esters is 1. The summed E-state index contributed by atoms with van der Waals surface area (Å²) >= 11 is 0. The Hall–Kier alpha value is -2.11. The van der Waals surface area contributed by atoms with Gasteiger partial charge in [-0.15, -0.1) is 0 Å². The first-order chi connectivity index (χ1) is 10.1. The zero-order valence-corrected chi connectivity index (χ0v) is 12.0. The molecule has 1 aromatic carbocycles. The number of halogens is 1. The summed E-state index contributed by atoms with van der Waals surface area (Å²) in [6, 6.07) is 5.43. The van der Waals surface area contributed by atoms with Gasteiger partial charge in [0.1, 0.15) is 5.82 Å². The minimum Gasteiger partial charge on any atom is -0.469 e. The number of nitrogens with zero attached hydrogens (tertiary/aromatic N) is 1. The molecule has 6 heteroatoms. The van der Waals surface area contributed by atoms with Gasteiger partial charge in [-0.25, -0.2) is 9.18 Å². The van der Waals surface area contributed by atoms with Crippen molar-refractivity contribution in [3.8, 4) is 0 Å². The van der Waals surface area contributed by atoms with Gasteiger partial charge in [-0.3, -0.25) is 4.79 Å². The van der Waals surface area contributed by atoms with Crippen LogP contribution < -0.4 is 5.32 Å². The van der Waals surface area contributed by atoms with E-state index in [2.05, 4.69) is 10.1 Å². The van der Waals surface area contributed by atoms with Crippen LogP contribution in [0.2, 0.25) is 0 Å². The monoisotopic (exact) mass is 294 g/mol. The Kier molecular flexibility index (Phi) is 5.14. The quantitative estimate of drug-likeness (QED) is 0.872. The molecule has 21 heavy (non-hydrogen) atoms. The van der Waals surface area contributed by atoms with Gasteiger partial charge >= 0.3 is 12.0 Å². The molecule has 0 saturated carbocycles. The van der Waals surface area contributed by atoms with Crippen LogP contribution in [0.5, 0.6) is 0 Å². The highest BCUT2D eigenvalue weighted by molar-refractivity contribution is 5.90. The van der Waals surface area contributed by atoms with Crippen molar-refractivity contribution >= 4 is 17.7 Å². The number of benzene rings is 1. The maximum atomic E-state index is 13.6. The van der Waals surface area contributed by atoms with Crippen molar-refractivity contribution in [1.82, 2.24) is 4.90 Å². The maximum absolute atomic E-state index is 13.6. The number of likely N-dealkylation sites (tertiary alicyclic amines) is 1. The van der Waals surface area contributed by atoms with E-state index in [4.69, 9.17) is 0 Å². The van der Waals surface area contributed by atoms with Crippen molar-refractivity contribution in [2.75, 3.05) is 19.0 Å². The molecule has 1 N–H and O–H groups in total. The van der Waals surface area contributed by atoms with Crippen LogP contribution in [0.1, 0.15) is 25.7 Å². The Bertz CT molecular complexity index is 521. The molecule has 1 aliphatic rings. The summed E-state index contributed by atoms with van der Waals surface area (Å²) in [7, 11) is 1.33. The van der Waals surface area contributed by atoms with Gasteiger partial charge in [0.05, 0.1) is 19.2 Å². The number of anilines is 1. The summed E-state index contributed by atoms with van der Waals surface area (Å²) in [5, 5.41) is 2.56. The lowest BCUT2D eigenvalue weighted by molar-refractivity contribution is -0.142. The van der Waals surface area contributed by atoms with Crippen LogP contribution in [-0.4, -0.2) is 36.6 Å². The van der Waals surface area contributed by atoms with Crippen molar-refractivity contribution in [3.63, 3.8) is 0 Å². The topological polar surface area (TPSA) is 58.6 Å². The van der Waals surface area contributed by atoms with Crippen LogP contribution in [0.3, 0.4) is 0 Å². The van der Waals surface area contributed by atoms with Gasteiger partial charge in [-0.1, -0.05) is 12.1 Å². The van der Waals surface area contributed by atoms with Crippen molar-refractivity contribution in [2.24, 2.45) is 0 Å². The van der Waals surface area contributed by atoms with Gasteiger partial charge in [0.2, 0.25) is 0 Å². The molecule has 1 atom stereocenters. The Labute approximate surface area is 123 Å². The molecule has 0 bridgehead atoms. The molecule has 2 amide bonds. The molecule has 1 aromatic rings.